The van der Waals surface area contributed by atoms with Crippen LogP contribution in [-0.2, 0) is 0 Å². The van der Waals surface area contributed by atoms with Crippen molar-refractivity contribution in [1.82, 2.24) is 0 Å². The van der Waals surface area contributed by atoms with Crippen molar-refractivity contribution in [3.63, 3.8) is 0 Å². The molecule has 3 atom stereocenters. The van der Waals surface area contributed by atoms with E-state index >= 15 is 0 Å². The Morgan fingerprint density at radius 2 is 2.15 bits per heavy atom. The first-order valence-corrected chi connectivity index (χ1v) is 6.85. The van der Waals surface area contributed by atoms with Gasteiger partial charge in [-0.15, -0.1) is 0 Å². The number of methoxy groups -OCH3 is 1. The molecule has 1 saturated heterocycles. The first kappa shape index (κ1) is 13.2. The number of non-ortho nitro benzene ring substituents is 1. The molecule has 2 fully saturated rings. The fourth-order valence-electron chi connectivity index (χ4n) is 3.42. The minimum Gasteiger partial charge on any atom is -0.496 e. The molecule has 0 amide bonds. The number of ether oxygens (including phenoxy) is 1. The van der Waals surface area contributed by atoms with E-state index in [4.69, 9.17) is 4.74 Å². The third kappa shape index (κ3) is 2.20. The van der Waals surface area contributed by atoms with E-state index in [1.165, 1.54) is 13.2 Å². The van der Waals surface area contributed by atoms with E-state index in [2.05, 4.69) is 4.90 Å². The van der Waals surface area contributed by atoms with E-state index in [-0.39, 0.29) is 11.8 Å². The highest BCUT2D eigenvalue weighted by Gasteiger charge is 2.42. The van der Waals surface area contributed by atoms with Crippen molar-refractivity contribution in [3.05, 3.63) is 28.3 Å². The Labute approximate surface area is 117 Å². The number of nitro benzene ring substituents is 1. The van der Waals surface area contributed by atoms with Gasteiger partial charge in [-0.1, -0.05) is 0 Å². The second-order valence-electron chi connectivity index (χ2n) is 5.62. The third-order valence-electron chi connectivity index (χ3n) is 4.51. The molecule has 1 aromatic rings. The lowest BCUT2D eigenvalue weighted by Crippen LogP contribution is -2.24. The van der Waals surface area contributed by atoms with Gasteiger partial charge >= 0.3 is 0 Å². The Morgan fingerprint density at radius 1 is 1.35 bits per heavy atom. The molecule has 0 radical (unpaired) electrons. The second kappa shape index (κ2) is 4.94. The van der Waals surface area contributed by atoms with E-state index in [1.54, 1.807) is 6.07 Å². The quantitative estimate of drug-likeness (QED) is 0.674. The summed E-state index contributed by atoms with van der Waals surface area (Å²) in [4.78, 5) is 12.7. The smallest absolute Gasteiger partial charge is 0.275 e. The van der Waals surface area contributed by atoms with E-state index < -0.39 is 4.92 Å². The first-order chi connectivity index (χ1) is 9.58. The van der Waals surface area contributed by atoms with Gasteiger partial charge in [0.2, 0.25) is 0 Å². The number of anilines is 1. The molecule has 1 aromatic carbocycles. The minimum atomic E-state index is -0.405. The maximum Gasteiger partial charge on any atom is 0.275 e. The van der Waals surface area contributed by atoms with E-state index in [0.29, 0.717) is 17.6 Å². The first-order valence-electron chi connectivity index (χ1n) is 6.85. The van der Waals surface area contributed by atoms with Crippen LogP contribution in [0.4, 0.5) is 11.4 Å². The highest BCUT2D eigenvalue weighted by atomic mass is 16.6. The van der Waals surface area contributed by atoms with E-state index in [9.17, 15) is 15.2 Å². The standard InChI is InChI=1S/C14H18N2O4/c1-20-12-5-10(4-11(6-12)16(18)19)15-7-9-2-3-14(17)13(9)8-15/h4-6,9,13-14,17H,2-3,7-8H2,1H3. The monoisotopic (exact) mass is 278 g/mol. The Kier molecular flexibility index (Phi) is 3.25. The summed E-state index contributed by atoms with van der Waals surface area (Å²) in [6.45, 7) is 1.61. The molecule has 1 aliphatic heterocycles. The molecule has 1 N–H and O–H groups in total. The Morgan fingerprint density at radius 3 is 2.80 bits per heavy atom. The number of fused-ring (bicyclic) bond motifs is 1. The average molecular weight is 278 g/mol. The molecular weight excluding hydrogens is 260 g/mol. The zero-order valence-corrected chi connectivity index (χ0v) is 11.4. The van der Waals surface area contributed by atoms with Crippen LogP contribution in [-0.4, -0.2) is 36.3 Å². The summed E-state index contributed by atoms with van der Waals surface area (Å²) in [7, 11) is 1.51. The summed E-state index contributed by atoms with van der Waals surface area (Å²) < 4.78 is 5.14. The van der Waals surface area contributed by atoms with Gasteiger partial charge in [-0.25, -0.2) is 0 Å². The van der Waals surface area contributed by atoms with Crippen LogP contribution in [0, 0.1) is 22.0 Å². The molecule has 6 nitrogen and oxygen atoms in total. The number of hydrogen-bond acceptors (Lipinski definition) is 5. The van der Waals surface area contributed by atoms with Crippen molar-refractivity contribution in [3.8, 4) is 5.75 Å². The van der Waals surface area contributed by atoms with Crippen molar-refractivity contribution < 1.29 is 14.8 Å². The van der Waals surface area contributed by atoms with Gasteiger partial charge in [-0.2, -0.15) is 0 Å². The van der Waals surface area contributed by atoms with Crippen LogP contribution in [0.5, 0.6) is 5.75 Å². The van der Waals surface area contributed by atoms with Crippen LogP contribution in [0.25, 0.3) is 0 Å². The van der Waals surface area contributed by atoms with Crippen molar-refractivity contribution in [2.45, 2.75) is 18.9 Å². The molecule has 0 aromatic heterocycles. The molecule has 6 heteroatoms. The van der Waals surface area contributed by atoms with Gasteiger partial charge in [0.25, 0.3) is 5.69 Å². The van der Waals surface area contributed by atoms with Gasteiger partial charge in [0.05, 0.1) is 24.2 Å². The topological polar surface area (TPSA) is 75.8 Å². The average Bonchev–Trinajstić information content (AvgIpc) is 3.01. The number of nitrogens with zero attached hydrogens (tertiary/aromatic N) is 2. The van der Waals surface area contributed by atoms with E-state index in [1.807, 2.05) is 6.07 Å². The van der Waals surface area contributed by atoms with Crippen LogP contribution in [0.3, 0.4) is 0 Å². The van der Waals surface area contributed by atoms with Gasteiger partial charge in [0.1, 0.15) is 5.75 Å². The Bertz CT molecular complexity index is 534. The van der Waals surface area contributed by atoms with Gasteiger partial charge in [-0.3, -0.25) is 10.1 Å². The summed E-state index contributed by atoms with van der Waals surface area (Å²) >= 11 is 0. The predicted octanol–water partition coefficient (Wildman–Crippen LogP) is 1.81. The lowest BCUT2D eigenvalue weighted by molar-refractivity contribution is -0.384. The zero-order chi connectivity index (χ0) is 14.3. The third-order valence-corrected chi connectivity index (χ3v) is 4.51. The number of nitro groups is 1. The summed E-state index contributed by atoms with van der Waals surface area (Å²) in [6.07, 6.45) is 1.68. The van der Waals surface area contributed by atoms with Crippen LogP contribution < -0.4 is 9.64 Å². The van der Waals surface area contributed by atoms with Crippen LogP contribution in [0.1, 0.15) is 12.8 Å². The Hall–Kier alpha value is -1.82. The SMILES string of the molecule is COc1cc(N2CC3CCC(O)C3C2)cc([N+](=O)[O-])c1. The normalized spacial score (nSPS) is 28.5. The summed E-state index contributed by atoms with van der Waals surface area (Å²) in [6, 6.07) is 4.83. The number of benzene rings is 1. The summed E-state index contributed by atoms with van der Waals surface area (Å²) in [5, 5.41) is 20.9. The lowest BCUT2D eigenvalue weighted by atomic mass is 10.00. The van der Waals surface area contributed by atoms with E-state index in [0.717, 1.165) is 31.6 Å². The molecule has 108 valence electrons. The van der Waals surface area contributed by atoms with Gasteiger partial charge in [0, 0.05) is 36.8 Å². The van der Waals surface area contributed by atoms with Crippen molar-refractivity contribution in [2.75, 3.05) is 25.1 Å². The predicted molar refractivity (Wildman–Crippen MR) is 74.1 cm³/mol. The van der Waals surface area contributed by atoms with Gasteiger partial charge in [0.15, 0.2) is 0 Å². The summed E-state index contributed by atoms with van der Waals surface area (Å²) in [5.74, 6) is 1.28. The van der Waals surface area contributed by atoms with Crippen LogP contribution in [0.2, 0.25) is 0 Å². The minimum absolute atomic E-state index is 0.0388. The molecule has 20 heavy (non-hydrogen) atoms. The zero-order valence-electron chi connectivity index (χ0n) is 11.4. The molecule has 1 heterocycles. The molecule has 2 aliphatic rings. The maximum atomic E-state index is 11.0. The number of aliphatic hydroxyl groups excluding tert-OH is 1. The molecule has 1 saturated carbocycles. The van der Waals surface area contributed by atoms with Gasteiger partial charge in [-0.05, 0) is 18.8 Å². The molecule has 0 spiro atoms. The highest BCUT2D eigenvalue weighted by molar-refractivity contribution is 5.58. The summed E-state index contributed by atoms with van der Waals surface area (Å²) in [5.41, 5.74) is 0.842. The van der Waals surface area contributed by atoms with Gasteiger partial charge < -0.3 is 14.7 Å². The molecule has 1 aliphatic carbocycles. The van der Waals surface area contributed by atoms with Crippen molar-refractivity contribution >= 4 is 11.4 Å². The maximum absolute atomic E-state index is 11.0. The van der Waals surface area contributed by atoms with Crippen molar-refractivity contribution in [1.29, 1.82) is 0 Å². The lowest BCUT2D eigenvalue weighted by Gasteiger charge is -2.21. The largest absolute Gasteiger partial charge is 0.496 e. The molecule has 3 rings (SSSR count). The Balaban J connectivity index is 1.87. The number of hydrogen-bond donors (Lipinski definition) is 1. The fraction of sp³-hybridized carbons (Fsp3) is 0.571. The molecule has 3 unspecified atom stereocenters. The number of aliphatic hydroxyl groups is 1. The molecule has 0 bridgehead atoms. The highest BCUT2D eigenvalue weighted by Crippen LogP contribution is 2.41. The van der Waals surface area contributed by atoms with Crippen LogP contribution in [0.15, 0.2) is 18.2 Å². The van der Waals surface area contributed by atoms with Crippen molar-refractivity contribution in [2.24, 2.45) is 11.8 Å². The fourth-order valence-corrected chi connectivity index (χ4v) is 3.42. The van der Waals surface area contributed by atoms with Crippen LogP contribution >= 0.6 is 0 Å². The number of rotatable bonds is 3. The molecular formula is C14H18N2O4. The second-order valence-corrected chi connectivity index (χ2v) is 5.62.